The van der Waals surface area contributed by atoms with Gasteiger partial charge in [0, 0.05) is 6.42 Å². The minimum Gasteiger partial charge on any atom is -0.492 e. The molecule has 0 atom stereocenters. The number of thiophene rings is 1. The fourth-order valence-corrected chi connectivity index (χ4v) is 2.60. The Balaban J connectivity index is 1.93. The molecule has 4 heteroatoms. The van der Waals surface area contributed by atoms with Crippen LogP contribution in [0.4, 0.5) is 0 Å². The minimum absolute atomic E-state index is 0.627. The number of hydrogen-bond donors (Lipinski definition) is 0. The van der Waals surface area contributed by atoms with Crippen LogP contribution >= 0.6 is 27.3 Å². The molecule has 0 spiro atoms. The maximum Gasteiger partial charge on any atom is 0.133 e. The van der Waals surface area contributed by atoms with E-state index in [4.69, 9.17) is 10.00 Å². The van der Waals surface area contributed by atoms with Crippen molar-refractivity contribution >= 4 is 27.3 Å². The van der Waals surface area contributed by atoms with Gasteiger partial charge in [-0.25, -0.2) is 0 Å². The summed E-state index contributed by atoms with van der Waals surface area (Å²) >= 11 is 5.09. The van der Waals surface area contributed by atoms with Gasteiger partial charge in [0.25, 0.3) is 0 Å². The van der Waals surface area contributed by atoms with Gasteiger partial charge >= 0.3 is 0 Å². The number of benzene rings is 1. The molecule has 0 saturated carbocycles. The summed E-state index contributed by atoms with van der Waals surface area (Å²) in [6, 6.07) is 9.52. The van der Waals surface area contributed by atoms with E-state index in [1.165, 1.54) is 5.56 Å². The summed E-state index contributed by atoms with van der Waals surface area (Å²) in [7, 11) is 0. The monoisotopic (exact) mass is 307 g/mol. The van der Waals surface area contributed by atoms with Crippen molar-refractivity contribution in [2.24, 2.45) is 0 Å². The molecule has 86 valence electrons. The van der Waals surface area contributed by atoms with Gasteiger partial charge in [-0.3, -0.25) is 0 Å². The average molecular weight is 308 g/mol. The topological polar surface area (TPSA) is 33.0 Å². The second kappa shape index (κ2) is 5.85. The molecule has 1 aromatic heterocycles. The van der Waals surface area contributed by atoms with Crippen molar-refractivity contribution in [2.45, 2.75) is 6.42 Å². The Kier molecular flexibility index (Phi) is 4.18. The molecule has 0 unspecified atom stereocenters. The number of hydrogen-bond acceptors (Lipinski definition) is 3. The van der Waals surface area contributed by atoms with E-state index < -0.39 is 0 Å². The number of rotatable bonds is 4. The summed E-state index contributed by atoms with van der Waals surface area (Å²) in [5.74, 6) is 0.777. The third-order valence-corrected chi connectivity index (χ3v) is 3.64. The molecule has 2 nitrogen and oxygen atoms in total. The van der Waals surface area contributed by atoms with Crippen molar-refractivity contribution in [3.05, 3.63) is 50.6 Å². The predicted molar refractivity (Wildman–Crippen MR) is 72.4 cm³/mol. The van der Waals surface area contributed by atoms with Crippen molar-refractivity contribution < 1.29 is 4.74 Å². The number of nitriles is 1. The zero-order valence-electron chi connectivity index (χ0n) is 9.02. The zero-order chi connectivity index (χ0) is 12.1. The van der Waals surface area contributed by atoms with Crippen LogP contribution in [0.25, 0.3) is 0 Å². The second-order valence-corrected chi connectivity index (χ2v) is 5.12. The van der Waals surface area contributed by atoms with Crippen LogP contribution in [0.3, 0.4) is 0 Å². The van der Waals surface area contributed by atoms with Crippen LogP contribution in [0.5, 0.6) is 5.75 Å². The van der Waals surface area contributed by atoms with Crippen LogP contribution in [0.15, 0.2) is 39.5 Å². The lowest BCUT2D eigenvalue weighted by atomic mass is 10.2. The summed E-state index contributed by atoms with van der Waals surface area (Å²) in [5.41, 5.74) is 1.92. The van der Waals surface area contributed by atoms with E-state index >= 15 is 0 Å². The second-order valence-electron chi connectivity index (χ2n) is 3.49. The average Bonchev–Trinajstić information content (AvgIpc) is 2.84. The first-order chi connectivity index (χ1) is 8.29. The molecule has 0 amide bonds. The SMILES string of the molecule is N#Cc1ccc(OCCc2ccsc2)c(Br)c1. The Bertz CT molecular complexity index is 531. The van der Waals surface area contributed by atoms with Crippen LogP contribution in [-0.2, 0) is 6.42 Å². The molecule has 0 aliphatic carbocycles. The molecule has 0 aliphatic heterocycles. The highest BCUT2D eigenvalue weighted by atomic mass is 79.9. The molecule has 0 N–H and O–H groups in total. The van der Waals surface area contributed by atoms with Gasteiger partial charge in [0.1, 0.15) is 5.75 Å². The maximum absolute atomic E-state index is 8.74. The van der Waals surface area contributed by atoms with Gasteiger partial charge in [-0.2, -0.15) is 16.6 Å². The lowest BCUT2D eigenvalue weighted by Gasteiger charge is -2.07. The Morgan fingerprint density at radius 2 is 2.24 bits per heavy atom. The van der Waals surface area contributed by atoms with E-state index in [2.05, 4.69) is 38.8 Å². The highest BCUT2D eigenvalue weighted by Gasteiger charge is 2.02. The third kappa shape index (κ3) is 3.32. The van der Waals surface area contributed by atoms with Gasteiger partial charge in [-0.05, 0) is 56.5 Å². The molecule has 1 heterocycles. The lowest BCUT2D eigenvalue weighted by molar-refractivity contribution is 0.320. The van der Waals surface area contributed by atoms with Crippen LogP contribution in [0.2, 0.25) is 0 Å². The van der Waals surface area contributed by atoms with Crippen molar-refractivity contribution in [2.75, 3.05) is 6.61 Å². The summed E-state index contributed by atoms with van der Waals surface area (Å²) in [6.07, 6.45) is 0.899. The van der Waals surface area contributed by atoms with Gasteiger partial charge in [0.2, 0.25) is 0 Å². The highest BCUT2D eigenvalue weighted by Crippen LogP contribution is 2.25. The summed E-state index contributed by atoms with van der Waals surface area (Å²) < 4.78 is 6.48. The Morgan fingerprint density at radius 3 is 2.88 bits per heavy atom. The molecule has 0 aliphatic rings. The van der Waals surface area contributed by atoms with E-state index in [1.54, 1.807) is 23.5 Å². The highest BCUT2D eigenvalue weighted by molar-refractivity contribution is 9.10. The van der Waals surface area contributed by atoms with Gasteiger partial charge < -0.3 is 4.74 Å². The fourth-order valence-electron chi connectivity index (χ4n) is 1.40. The van der Waals surface area contributed by atoms with Gasteiger partial charge in [-0.1, -0.05) is 0 Å². The van der Waals surface area contributed by atoms with E-state index in [-0.39, 0.29) is 0 Å². The van der Waals surface area contributed by atoms with E-state index in [0.29, 0.717) is 12.2 Å². The molecular formula is C13H10BrNOS. The maximum atomic E-state index is 8.74. The van der Waals surface area contributed by atoms with E-state index in [9.17, 15) is 0 Å². The van der Waals surface area contributed by atoms with Crippen LogP contribution in [0.1, 0.15) is 11.1 Å². The first-order valence-electron chi connectivity index (χ1n) is 5.13. The quantitative estimate of drug-likeness (QED) is 0.855. The Labute approximate surface area is 113 Å². The lowest BCUT2D eigenvalue weighted by Crippen LogP contribution is -2.01. The van der Waals surface area contributed by atoms with Crippen LogP contribution in [-0.4, -0.2) is 6.61 Å². The molecule has 0 fully saturated rings. The third-order valence-electron chi connectivity index (χ3n) is 2.29. The van der Waals surface area contributed by atoms with Crippen LogP contribution < -0.4 is 4.74 Å². The molecule has 2 aromatic rings. The van der Waals surface area contributed by atoms with E-state index in [1.807, 2.05) is 6.07 Å². The summed E-state index contributed by atoms with van der Waals surface area (Å²) in [6.45, 7) is 0.640. The predicted octanol–water partition coefficient (Wildman–Crippen LogP) is 4.00. The molecule has 1 aromatic carbocycles. The van der Waals surface area contributed by atoms with Crippen molar-refractivity contribution in [3.63, 3.8) is 0 Å². The normalized spacial score (nSPS) is 9.88. The summed E-state index contributed by atoms with van der Waals surface area (Å²) in [5, 5.41) is 12.9. The molecule has 0 saturated heterocycles. The Morgan fingerprint density at radius 1 is 1.35 bits per heavy atom. The minimum atomic E-state index is 0.627. The first-order valence-corrected chi connectivity index (χ1v) is 6.86. The standard InChI is InChI=1S/C13H10BrNOS/c14-12-7-11(8-15)1-2-13(12)16-5-3-10-4-6-17-9-10/h1-2,4,6-7,9H,3,5H2. The largest absolute Gasteiger partial charge is 0.492 e. The molecule has 17 heavy (non-hydrogen) atoms. The zero-order valence-corrected chi connectivity index (χ0v) is 11.4. The van der Waals surface area contributed by atoms with E-state index in [0.717, 1.165) is 16.6 Å². The fraction of sp³-hybridized carbons (Fsp3) is 0.154. The van der Waals surface area contributed by atoms with Crippen molar-refractivity contribution in [1.82, 2.24) is 0 Å². The number of ether oxygens (including phenoxy) is 1. The summed E-state index contributed by atoms with van der Waals surface area (Å²) in [4.78, 5) is 0. The number of nitrogens with zero attached hydrogens (tertiary/aromatic N) is 1. The van der Waals surface area contributed by atoms with Crippen molar-refractivity contribution in [1.29, 1.82) is 5.26 Å². The molecule has 2 rings (SSSR count). The molecule has 0 bridgehead atoms. The Hall–Kier alpha value is -1.31. The first kappa shape index (κ1) is 12.2. The smallest absolute Gasteiger partial charge is 0.133 e. The molecule has 0 radical (unpaired) electrons. The number of halogens is 1. The van der Waals surface area contributed by atoms with Gasteiger partial charge in [-0.15, -0.1) is 0 Å². The van der Waals surface area contributed by atoms with Gasteiger partial charge in [0.15, 0.2) is 0 Å². The van der Waals surface area contributed by atoms with Crippen LogP contribution in [0, 0.1) is 11.3 Å². The van der Waals surface area contributed by atoms with Gasteiger partial charge in [0.05, 0.1) is 22.7 Å². The van der Waals surface area contributed by atoms with Crippen molar-refractivity contribution in [3.8, 4) is 11.8 Å². The molecular weight excluding hydrogens is 298 g/mol.